The summed E-state index contributed by atoms with van der Waals surface area (Å²) in [5.74, 6) is 0. The van der Waals surface area contributed by atoms with Gasteiger partial charge in [-0.25, -0.2) is 0 Å². The van der Waals surface area contributed by atoms with Crippen LogP contribution in [0.15, 0.2) is 40.8 Å². The molecule has 0 aromatic carbocycles. The van der Waals surface area contributed by atoms with Gasteiger partial charge in [0.2, 0.25) is 0 Å². The van der Waals surface area contributed by atoms with Crippen molar-refractivity contribution < 1.29 is 4.92 Å². The summed E-state index contributed by atoms with van der Waals surface area (Å²) in [6.07, 6.45) is 5.01. The lowest BCUT2D eigenvalue weighted by molar-refractivity contribution is -0.427. The van der Waals surface area contributed by atoms with Crippen LogP contribution in [0.4, 0.5) is 0 Å². The number of nitro groups is 1. The van der Waals surface area contributed by atoms with Crippen molar-refractivity contribution in [3.8, 4) is 0 Å². The van der Waals surface area contributed by atoms with Gasteiger partial charge in [0, 0.05) is 11.5 Å². The minimum atomic E-state index is -0.400. The van der Waals surface area contributed by atoms with Crippen LogP contribution in [0.5, 0.6) is 0 Å². The SMILES string of the molecule is C=C(Cl)CC1=CC=C=C([N+](=O)[O-])CC1. The smallest absolute Gasteiger partial charge is 0.258 e. The number of nitrogens with zero attached hydrogens (tertiary/aromatic N) is 1. The molecule has 0 aliphatic heterocycles. The van der Waals surface area contributed by atoms with Crippen LogP contribution in [-0.2, 0) is 0 Å². The first-order chi connectivity index (χ1) is 6.59. The van der Waals surface area contributed by atoms with Crippen molar-refractivity contribution in [1.29, 1.82) is 0 Å². The summed E-state index contributed by atoms with van der Waals surface area (Å²) in [6.45, 7) is 3.58. The molecule has 0 spiro atoms. The van der Waals surface area contributed by atoms with Gasteiger partial charge in [-0.1, -0.05) is 29.8 Å². The summed E-state index contributed by atoms with van der Waals surface area (Å²) in [4.78, 5) is 10.1. The van der Waals surface area contributed by atoms with E-state index in [1.165, 1.54) is 0 Å². The molecule has 0 fully saturated rings. The Hall–Kier alpha value is -1.31. The van der Waals surface area contributed by atoms with Gasteiger partial charge in [-0.2, -0.15) is 0 Å². The summed E-state index contributed by atoms with van der Waals surface area (Å²) in [5.41, 5.74) is 3.80. The highest BCUT2D eigenvalue weighted by atomic mass is 35.5. The first-order valence-electron chi connectivity index (χ1n) is 4.21. The van der Waals surface area contributed by atoms with Gasteiger partial charge in [-0.05, 0) is 18.2 Å². The van der Waals surface area contributed by atoms with Crippen molar-refractivity contribution >= 4 is 11.6 Å². The van der Waals surface area contributed by atoms with Gasteiger partial charge >= 0.3 is 0 Å². The number of halogens is 1. The number of rotatable bonds is 3. The van der Waals surface area contributed by atoms with E-state index in [0.29, 0.717) is 24.3 Å². The van der Waals surface area contributed by atoms with Crippen molar-refractivity contribution in [3.63, 3.8) is 0 Å². The number of allylic oxidation sites excluding steroid dienone is 4. The fourth-order valence-electron chi connectivity index (χ4n) is 1.23. The largest absolute Gasteiger partial charge is 0.288 e. The highest BCUT2D eigenvalue weighted by molar-refractivity contribution is 6.29. The van der Waals surface area contributed by atoms with E-state index in [0.717, 1.165) is 5.57 Å². The van der Waals surface area contributed by atoms with Gasteiger partial charge < -0.3 is 0 Å². The quantitative estimate of drug-likeness (QED) is 0.409. The molecular weight excluding hydrogens is 202 g/mol. The maximum Gasteiger partial charge on any atom is 0.288 e. The molecular formula is C10H10ClNO2. The second-order valence-electron chi connectivity index (χ2n) is 3.03. The molecule has 0 amide bonds. The molecule has 0 saturated carbocycles. The molecule has 74 valence electrons. The average molecular weight is 212 g/mol. The zero-order chi connectivity index (χ0) is 10.6. The Morgan fingerprint density at radius 2 is 2.43 bits per heavy atom. The Labute approximate surface area is 87.2 Å². The summed E-state index contributed by atoms with van der Waals surface area (Å²) in [7, 11) is 0. The molecule has 1 rings (SSSR count). The van der Waals surface area contributed by atoms with E-state index < -0.39 is 4.92 Å². The van der Waals surface area contributed by atoms with Crippen LogP contribution >= 0.6 is 11.6 Å². The van der Waals surface area contributed by atoms with Crippen LogP contribution < -0.4 is 0 Å². The Kier molecular flexibility index (Phi) is 3.69. The van der Waals surface area contributed by atoms with Crippen LogP contribution in [0.1, 0.15) is 19.3 Å². The lowest BCUT2D eigenvalue weighted by Crippen LogP contribution is -1.97. The van der Waals surface area contributed by atoms with Crippen molar-refractivity contribution in [2.75, 3.05) is 0 Å². The summed E-state index contributed by atoms with van der Waals surface area (Å²) in [5, 5.41) is 11.0. The van der Waals surface area contributed by atoms with E-state index in [1.54, 1.807) is 6.08 Å². The third-order valence-corrected chi connectivity index (χ3v) is 2.02. The van der Waals surface area contributed by atoms with Crippen LogP contribution in [0.3, 0.4) is 0 Å². The van der Waals surface area contributed by atoms with Gasteiger partial charge in [0.1, 0.15) is 0 Å². The van der Waals surface area contributed by atoms with Crippen molar-refractivity contribution in [2.45, 2.75) is 19.3 Å². The second kappa shape index (κ2) is 4.80. The summed E-state index contributed by atoms with van der Waals surface area (Å²) < 4.78 is 0. The van der Waals surface area contributed by atoms with Crippen LogP contribution in [0.25, 0.3) is 0 Å². The van der Waals surface area contributed by atoms with Crippen LogP contribution in [0, 0.1) is 10.1 Å². The van der Waals surface area contributed by atoms with E-state index >= 15 is 0 Å². The van der Waals surface area contributed by atoms with E-state index in [4.69, 9.17) is 11.6 Å². The van der Waals surface area contributed by atoms with Gasteiger partial charge in [-0.15, -0.1) is 0 Å². The normalized spacial score (nSPS) is 15.5. The average Bonchev–Trinajstić information content (AvgIpc) is 2.28. The zero-order valence-corrected chi connectivity index (χ0v) is 8.38. The minimum Gasteiger partial charge on any atom is -0.258 e. The maximum atomic E-state index is 10.5. The van der Waals surface area contributed by atoms with Crippen molar-refractivity contribution in [3.05, 3.63) is 50.9 Å². The minimum absolute atomic E-state index is 0.122. The van der Waals surface area contributed by atoms with Gasteiger partial charge in [0.05, 0.1) is 11.3 Å². The van der Waals surface area contributed by atoms with E-state index in [9.17, 15) is 10.1 Å². The van der Waals surface area contributed by atoms with Crippen LogP contribution in [0.2, 0.25) is 0 Å². The molecule has 0 aromatic heterocycles. The molecule has 0 saturated heterocycles. The summed E-state index contributed by atoms with van der Waals surface area (Å²) >= 11 is 5.65. The van der Waals surface area contributed by atoms with Crippen molar-refractivity contribution in [2.24, 2.45) is 0 Å². The van der Waals surface area contributed by atoms with Gasteiger partial charge in [0.15, 0.2) is 0 Å². The molecule has 0 unspecified atom stereocenters. The predicted octanol–water partition coefficient (Wildman–Crippen LogP) is 3.16. The predicted molar refractivity (Wildman–Crippen MR) is 55.5 cm³/mol. The lowest BCUT2D eigenvalue weighted by Gasteiger charge is -2.01. The molecule has 0 atom stereocenters. The van der Waals surface area contributed by atoms with Gasteiger partial charge in [0.25, 0.3) is 5.70 Å². The monoisotopic (exact) mass is 211 g/mol. The molecule has 0 heterocycles. The fraction of sp³-hybridized carbons (Fsp3) is 0.300. The first kappa shape index (κ1) is 10.8. The van der Waals surface area contributed by atoms with Crippen molar-refractivity contribution in [1.82, 2.24) is 0 Å². The highest BCUT2D eigenvalue weighted by Crippen LogP contribution is 2.21. The summed E-state index contributed by atoms with van der Waals surface area (Å²) in [6, 6.07) is 0. The van der Waals surface area contributed by atoms with E-state index in [1.807, 2.05) is 6.08 Å². The Balaban J connectivity index is 2.75. The van der Waals surface area contributed by atoms with E-state index in [-0.39, 0.29) is 5.70 Å². The highest BCUT2D eigenvalue weighted by Gasteiger charge is 2.12. The van der Waals surface area contributed by atoms with E-state index in [2.05, 4.69) is 12.3 Å². The maximum absolute atomic E-state index is 10.5. The standard InChI is InChI=1S/C10H10ClNO2/c1-8(11)7-9-3-2-4-10(6-5-9)12(13)14/h2-3H,1,5-7H2. The molecule has 14 heavy (non-hydrogen) atoms. The molecule has 1 aliphatic rings. The third-order valence-electron chi connectivity index (χ3n) is 1.89. The molecule has 3 nitrogen and oxygen atoms in total. The fourth-order valence-corrected chi connectivity index (χ4v) is 1.40. The molecule has 0 radical (unpaired) electrons. The molecule has 0 N–H and O–H groups in total. The van der Waals surface area contributed by atoms with Crippen LogP contribution in [-0.4, -0.2) is 4.92 Å². The number of hydrogen-bond acceptors (Lipinski definition) is 2. The number of hydrogen-bond donors (Lipinski definition) is 0. The molecule has 0 aromatic rings. The zero-order valence-electron chi connectivity index (χ0n) is 7.62. The van der Waals surface area contributed by atoms with Gasteiger partial charge in [-0.3, -0.25) is 10.1 Å². The molecule has 1 aliphatic carbocycles. The second-order valence-corrected chi connectivity index (χ2v) is 3.57. The Bertz CT molecular complexity index is 362. The molecule has 4 heteroatoms. The first-order valence-corrected chi connectivity index (χ1v) is 4.58. The molecule has 0 bridgehead atoms. The third kappa shape index (κ3) is 3.21. The Morgan fingerprint density at radius 3 is 3.00 bits per heavy atom. The Morgan fingerprint density at radius 1 is 1.71 bits per heavy atom. The topological polar surface area (TPSA) is 43.1 Å². The lowest BCUT2D eigenvalue weighted by atomic mass is 10.1.